The first-order chi connectivity index (χ1) is 11.7. The Hall–Kier alpha value is -1.98. The summed E-state index contributed by atoms with van der Waals surface area (Å²) in [5, 5.41) is 2.91. The Kier molecular flexibility index (Phi) is 4.56. The van der Waals surface area contributed by atoms with Crippen molar-refractivity contribution in [2.45, 2.75) is 71.2 Å². The molecule has 0 unspecified atom stereocenters. The molecule has 3 aliphatic rings. The molecule has 1 fully saturated rings. The van der Waals surface area contributed by atoms with Crippen molar-refractivity contribution in [3.63, 3.8) is 0 Å². The van der Waals surface area contributed by atoms with Crippen LogP contribution in [0.5, 0.6) is 0 Å². The minimum absolute atomic E-state index is 0.0128. The van der Waals surface area contributed by atoms with Crippen LogP contribution < -0.4 is 5.32 Å². The van der Waals surface area contributed by atoms with Crippen LogP contribution in [0, 0.1) is 0 Å². The number of ether oxygens (including phenoxy) is 1. The fourth-order valence-electron chi connectivity index (χ4n) is 3.96. The highest BCUT2D eigenvalue weighted by molar-refractivity contribution is 5.92. The van der Waals surface area contributed by atoms with E-state index in [4.69, 9.17) is 4.74 Å². The molecule has 0 bridgehead atoms. The van der Waals surface area contributed by atoms with Gasteiger partial charge < -0.3 is 19.9 Å². The van der Waals surface area contributed by atoms with Crippen molar-refractivity contribution in [1.82, 2.24) is 15.1 Å². The number of rotatable bonds is 3. The quantitative estimate of drug-likeness (QED) is 0.845. The van der Waals surface area contributed by atoms with Gasteiger partial charge in [-0.3, -0.25) is 9.59 Å². The van der Waals surface area contributed by atoms with Crippen molar-refractivity contribution in [1.29, 1.82) is 0 Å². The molecule has 138 valence electrons. The molecule has 0 aliphatic carbocycles. The Morgan fingerprint density at radius 3 is 2.28 bits per heavy atom. The number of likely N-dealkylation sites (tertiary alicyclic amines) is 1. The number of nitrogens with zero attached hydrogens (tertiary/aromatic N) is 2. The maximum absolute atomic E-state index is 12.5. The SMILES string of the molecule is C[C@@H]1NC(=O)C=C1N1CCC(N2C(=O)C=C(OC(C)(C)C)[C@@H]2C)CC1. The maximum atomic E-state index is 12.5. The molecular formula is C19H29N3O3. The number of hydrogen-bond donors (Lipinski definition) is 1. The predicted octanol–water partition coefficient (Wildman–Crippen LogP) is 1.78. The van der Waals surface area contributed by atoms with Gasteiger partial charge in [-0.1, -0.05) is 0 Å². The third-order valence-electron chi connectivity index (χ3n) is 5.08. The van der Waals surface area contributed by atoms with Crippen LogP contribution in [0.15, 0.2) is 23.6 Å². The van der Waals surface area contributed by atoms with Gasteiger partial charge in [0.05, 0.1) is 12.1 Å². The summed E-state index contributed by atoms with van der Waals surface area (Å²) < 4.78 is 5.96. The molecule has 3 heterocycles. The van der Waals surface area contributed by atoms with Crippen LogP contribution in [0.25, 0.3) is 0 Å². The summed E-state index contributed by atoms with van der Waals surface area (Å²) >= 11 is 0. The smallest absolute Gasteiger partial charge is 0.250 e. The van der Waals surface area contributed by atoms with Crippen molar-refractivity contribution in [3.05, 3.63) is 23.6 Å². The van der Waals surface area contributed by atoms with Gasteiger partial charge in [-0.2, -0.15) is 0 Å². The average molecular weight is 347 g/mol. The molecule has 0 aromatic heterocycles. The second-order valence-corrected chi connectivity index (χ2v) is 8.20. The number of carbonyl (C=O) groups excluding carboxylic acids is 2. The molecule has 1 N–H and O–H groups in total. The van der Waals surface area contributed by atoms with E-state index in [9.17, 15) is 9.59 Å². The van der Waals surface area contributed by atoms with Gasteiger partial charge in [0.15, 0.2) is 0 Å². The van der Waals surface area contributed by atoms with Crippen LogP contribution in [-0.4, -0.2) is 58.4 Å². The van der Waals surface area contributed by atoms with E-state index in [1.54, 1.807) is 12.2 Å². The highest BCUT2D eigenvalue weighted by Gasteiger charge is 2.39. The summed E-state index contributed by atoms with van der Waals surface area (Å²) in [4.78, 5) is 28.3. The van der Waals surface area contributed by atoms with Crippen LogP contribution >= 0.6 is 0 Å². The topological polar surface area (TPSA) is 61.9 Å². The van der Waals surface area contributed by atoms with E-state index in [0.717, 1.165) is 37.4 Å². The Labute approximate surface area is 149 Å². The van der Waals surface area contributed by atoms with Crippen LogP contribution in [0.3, 0.4) is 0 Å². The first kappa shape index (κ1) is 17.8. The number of piperidine rings is 1. The summed E-state index contributed by atoms with van der Waals surface area (Å²) in [5.41, 5.74) is 0.767. The van der Waals surface area contributed by atoms with Gasteiger partial charge in [0, 0.05) is 37.0 Å². The minimum Gasteiger partial charge on any atom is -0.490 e. The fourth-order valence-corrected chi connectivity index (χ4v) is 3.96. The molecule has 2 atom stereocenters. The van der Waals surface area contributed by atoms with Crippen molar-refractivity contribution in [2.24, 2.45) is 0 Å². The monoisotopic (exact) mass is 347 g/mol. The van der Waals surface area contributed by atoms with E-state index in [1.807, 2.05) is 39.5 Å². The Morgan fingerprint density at radius 1 is 1.12 bits per heavy atom. The number of hydrogen-bond acceptors (Lipinski definition) is 4. The number of nitrogens with one attached hydrogen (secondary N) is 1. The molecule has 0 spiro atoms. The van der Waals surface area contributed by atoms with Crippen molar-refractivity contribution >= 4 is 11.8 Å². The average Bonchev–Trinajstić information content (AvgIpc) is 2.97. The fraction of sp³-hybridized carbons (Fsp3) is 0.684. The van der Waals surface area contributed by atoms with Gasteiger partial charge in [-0.25, -0.2) is 0 Å². The first-order valence-electron chi connectivity index (χ1n) is 9.15. The third-order valence-corrected chi connectivity index (χ3v) is 5.08. The van der Waals surface area contributed by atoms with Crippen LogP contribution in [0.2, 0.25) is 0 Å². The molecule has 0 aromatic rings. The second-order valence-electron chi connectivity index (χ2n) is 8.20. The number of amides is 2. The van der Waals surface area contributed by atoms with Crippen molar-refractivity contribution in [2.75, 3.05) is 13.1 Å². The van der Waals surface area contributed by atoms with Crippen molar-refractivity contribution < 1.29 is 14.3 Å². The van der Waals surface area contributed by atoms with E-state index >= 15 is 0 Å². The summed E-state index contributed by atoms with van der Waals surface area (Å²) in [7, 11) is 0. The Bertz CT molecular complexity index is 624. The Morgan fingerprint density at radius 2 is 1.76 bits per heavy atom. The molecule has 2 amide bonds. The summed E-state index contributed by atoms with van der Waals surface area (Å²) in [6.07, 6.45) is 5.16. The molecule has 0 saturated carbocycles. The zero-order chi connectivity index (χ0) is 18.4. The Balaban J connectivity index is 1.61. The minimum atomic E-state index is -0.301. The molecule has 0 aromatic carbocycles. The summed E-state index contributed by atoms with van der Waals surface area (Å²) in [5.74, 6) is 0.804. The van der Waals surface area contributed by atoms with E-state index in [0.29, 0.717) is 0 Å². The summed E-state index contributed by atoms with van der Waals surface area (Å²) in [6.45, 7) is 11.8. The molecule has 3 aliphatic heterocycles. The van der Waals surface area contributed by atoms with Crippen LogP contribution in [0.4, 0.5) is 0 Å². The lowest BCUT2D eigenvalue weighted by Gasteiger charge is -2.41. The second kappa shape index (κ2) is 6.39. The normalized spacial score (nSPS) is 28.2. The van der Waals surface area contributed by atoms with Gasteiger partial charge in [0.2, 0.25) is 5.91 Å². The lowest BCUT2D eigenvalue weighted by atomic mass is 10.0. The zero-order valence-corrected chi connectivity index (χ0v) is 15.8. The van der Waals surface area contributed by atoms with E-state index in [1.165, 1.54) is 0 Å². The molecule has 3 rings (SSSR count). The lowest BCUT2D eigenvalue weighted by Crippen LogP contribution is -2.49. The van der Waals surface area contributed by atoms with Gasteiger partial charge in [0.25, 0.3) is 5.91 Å². The highest BCUT2D eigenvalue weighted by atomic mass is 16.5. The van der Waals surface area contributed by atoms with Gasteiger partial charge in [-0.15, -0.1) is 0 Å². The van der Waals surface area contributed by atoms with Crippen LogP contribution in [-0.2, 0) is 14.3 Å². The van der Waals surface area contributed by atoms with E-state index in [-0.39, 0.29) is 35.5 Å². The summed E-state index contributed by atoms with van der Waals surface area (Å²) in [6, 6.07) is 0.276. The maximum Gasteiger partial charge on any atom is 0.250 e. The standard InChI is InChI=1S/C19H29N3O3/c1-12-15(10-17(23)20-12)21-8-6-14(7-9-21)22-13(2)16(11-18(22)24)25-19(3,4)5/h10-14H,6-9H2,1-5H3,(H,20,23)/t12-,13-/m0/s1. The predicted molar refractivity (Wildman–Crippen MR) is 95.5 cm³/mol. The number of carbonyl (C=O) groups is 2. The molecular weight excluding hydrogens is 318 g/mol. The molecule has 6 heteroatoms. The van der Waals surface area contributed by atoms with Gasteiger partial charge in [-0.05, 0) is 47.5 Å². The lowest BCUT2D eigenvalue weighted by molar-refractivity contribution is -0.129. The highest BCUT2D eigenvalue weighted by Crippen LogP contribution is 2.31. The van der Waals surface area contributed by atoms with E-state index in [2.05, 4.69) is 10.2 Å². The zero-order valence-electron chi connectivity index (χ0n) is 15.8. The third kappa shape index (κ3) is 3.67. The molecule has 6 nitrogen and oxygen atoms in total. The van der Waals surface area contributed by atoms with Crippen LogP contribution in [0.1, 0.15) is 47.5 Å². The van der Waals surface area contributed by atoms with Crippen molar-refractivity contribution in [3.8, 4) is 0 Å². The molecule has 25 heavy (non-hydrogen) atoms. The first-order valence-corrected chi connectivity index (χ1v) is 9.15. The van der Waals surface area contributed by atoms with E-state index < -0.39 is 0 Å². The molecule has 1 saturated heterocycles. The molecule has 0 radical (unpaired) electrons. The van der Waals surface area contributed by atoms with Gasteiger partial charge in [0.1, 0.15) is 11.4 Å². The van der Waals surface area contributed by atoms with Gasteiger partial charge >= 0.3 is 0 Å². The largest absolute Gasteiger partial charge is 0.490 e.